The van der Waals surface area contributed by atoms with Crippen LogP contribution in [-0.4, -0.2) is 18.0 Å². The molecule has 9 heteroatoms. The smallest absolute Gasteiger partial charge is 0.391 e. The second kappa shape index (κ2) is 5.37. The summed E-state index contributed by atoms with van der Waals surface area (Å²) < 4.78 is 33.5. The summed E-state index contributed by atoms with van der Waals surface area (Å²) in [7, 11) is -4.79. The fourth-order valence-electron chi connectivity index (χ4n) is 0.371. The van der Waals surface area contributed by atoms with Crippen molar-refractivity contribution in [2.75, 3.05) is 6.61 Å². The van der Waals surface area contributed by atoms with Crippen LogP contribution in [0.4, 0.5) is 0 Å². The van der Waals surface area contributed by atoms with Gasteiger partial charge in [0.1, 0.15) is 6.61 Å². The molecule has 0 aromatic carbocycles. The van der Waals surface area contributed by atoms with Gasteiger partial charge >= 0.3 is 16.5 Å². The van der Waals surface area contributed by atoms with E-state index in [1.807, 2.05) is 0 Å². The van der Waals surface area contributed by atoms with Crippen LogP contribution in [0.3, 0.4) is 0 Å². The molecule has 2 atom stereocenters. The monoisotopic (exact) mass is 373 g/mol. The van der Waals surface area contributed by atoms with E-state index in [1.165, 1.54) is 0 Å². The van der Waals surface area contributed by atoms with Crippen molar-refractivity contribution >= 4 is 16.5 Å². The Labute approximate surface area is 77.8 Å². The third-order valence-corrected chi connectivity index (χ3v) is 2.57. The third-order valence-electron chi connectivity index (χ3n) is 0.690. The van der Waals surface area contributed by atoms with Gasteiger partial charge in [0.2, 0.25) is 0 Å². The first kappa shape index (κ1) is 11.7. The van der Waals surface area contributed by atoms with Crippen LogP contribution in [0, 0.1) is 0 Å². The number of hydrogen-bond acceptors (Lipinski definition) is 6. The summed E-state index contributed by atoms with van der Waals surface area (Å²) >= 11 is 0. The first-order valence-electron chi connectivity index (χ1n) is 2.29. The largest absolute Gasteiger partial charge is 0.750 e. The van der Waals surface area contributed by atoms with E-state index in [2.05, 4.69) is 13.4 Å². The Balaban J connectivity index is 0.000001000. The molecular formula is C2H4O6P2Re+2. The van der Waals surface area contributed by atoms with E-state index < -0.39 is 29.4 Å². The normalized spacial score (nSPS) is 31.2. The Morgan fingerprint density at radius 2 is 1.73 bits per heavy atom. The van der Waals surface area contributed by atoms with Crippen LogP contribution in [0.25, 0.3) is 0 Å². The molecule has 1 N–H and O–H groups in total. The van der Waals surface area contributed by atoms with E-state index in [0.29, 0.717) is 0 Å². The average molecular weight is 372 g/mol. The molecule has 1 heterocycles. The van der Waals surface area contributed by atoms with Gasteiger partial charge in [0, 0.05) is 29.6 Å². The van der Waals surface area contributed by atoms with Crippen LogP contribution in [0.1, 0.15) is 0 Å². The van der Waals surface area contributed by atoms with Crippen LogP contribution in [-0.2, 0) is 42.9 Å². The van der Waals surface area contributed by atoms with Gasteiger partial charge in [0.15, 0.2) is 4.31 Å². The minimum absolute atomic E-state index is 0. The van der Waals surface area contributed by atoms with Crippen molar-refractivity contribution < 1.29 is 48.0 Å². The van der Waals surface area contributed by atoms with E-state index in [9.17, 15) is 9.13 Å². The van der Waals surface area contributed by atoms with E-state index in [-0.39, 0.29) is 20.4 Å². The van der Waals surface area contributed by atoms with E-state index in [4.69, 9.17) is 5.11 Å². The van der Waals surface area contributed by atoms with Crippen LogP contribution in [0.2, 0.25) is 0 Å². The maximum Gasteiger partial charge on any atom is 0.750 e. The second-order valence-electron chi connectivity index (χ2n) is 1.35. The molecule has 0 aliphatic carbocycles. The molecule has 0 aromatic heterocycles. The quantitative estimate of drug-likeness (QED) is 0.682. The SMILES string of the molecule is O=[P+]1OC(CO)O[P+](=O)O1.[Re]. The molecule has 6 nitrogen and oxygen atoms in total. The van der Waals surface area contributed by atoms with Crippen molar-refractivity contribution in [2.45, 2.75) is 6.29 Å². The second-order valence-corrected chi connectivity index (χ2v) is 3.32. The maximum absolute atomic E-state index is 10.4. The van der Waals surface area contributed by atoms with Gasteiger partial charge in [-0.05, 0) is 0 Å². The maximum atomic E-state index is 10.4. The summed E-state index contributed by atoms with van der Waals surface area (Å²) in [5.41, 5.74) is 0. The van der Waals surface area contributed by atoms with E-state index in [1.54, 1.807) is 0 Å². The van der Waals surface area contributed by atoms with Crippen molar-refractivity contribution in [3.05, 3.63) is 0 Å². The van der Waals surface area contributed by atoms with Gasteiger partial charge in [-0.3, -0.25) is 0 Å². The van der Waals surface area contributed by atoms with Crippen molar-refractivity contribution in [1.29, 1.82) is 0 Å². The Morgan fingerprint density at radius 3 is 2.09 bits per heavy atom. The molecule has 1 aliphatic rings. The Morgan fingerprint density at radius 1 is 1.27 bits per heavy atom. The molecule has 1 radical (unpaired) electrons. The fraction of sp³-hybridized carbons (Fsp3) is 1.00. The van der Waals surface area contributed by atoms with Gasteiger partial charge < -0.3 is 5.11 Å². The van der Waals surface area contributed by atoms with Crippen LogP contribution < -0.4 is 0 Å². The summed E-state index contributed by atoms with van der Waals surface area (Å²) in [4.78, 5) is 0. The molecular weight excluding hydrogens is 368 g/mol. The Hall–Kier alpha value is 0.702. The third kappa shape index (κ3) is 3.75. The first-order chi connectivity index (χ1) is 4.72. The molecule has 63 valence electrons. The molecule has 0 spiro atoms. The number of rotatable bonds is 1. The molecule has 0 bridgehead atoms. The van der Waals surface area contributed by atoms with Gasteiger partial charge in [-0.2, -0.15) is 0 Å². The van der Waals surface area contributed by atoms with Gasteiger partial charge in [-0.25, -0.2) is 0 Å². The fourth-order valence-corrected chi connectivity index (χ4v) is 1.79. The first-order valence-corrected chi connectivity index (χ1v) is 4.48. The van der Waals surface area contributed by atoms with Crippen LogP contribution in [0.15, 0.2) is 0 Å². The Kier molecular flexibility index (Phi) is 5.71. The zero-order chi connectivity index (χ0) is 7.56. The summed E-state index contributed by atoms with van der Waals surface area (Å²) in [6.07, 6.45) is -1.10. The molecule has 11 heavy (non-hydrogen) atoms. The Bertz CT molecular complexity index is 156. The van der Waals surface area contributed by atoms with Gasteiger partial charge in [-0.15, -0.1) is 0 Å². The molecule has 1 fully saturated rings. The van der Waals surface area contributed by atoms with Gasteiger partial charge in [0.05, 0.1) is 0 Å². The summed E-state index contributed by atoms with van der Waals surface area (Å²) in [6, 6.07) is 0. The van der Waals surface area contributed by atoms with Crippen molar-refractivity contribution in [2.24, 2.45) is 0 Å². The molecule has 1 aliphatic heterocycles. The molecule has 1 rings (SSSR count). The zero-order valence-corrected chi connectivity index (χ0v) is 9.55. The van der Waals surface area contributed by atoms with Gasteiger partial charge in [0.25, 0.3) is 6.29 Å². The standard InChI is InChI=1S/C2H4O6P2.Re/c3-1-2-6-9(4)8-10(5)7-2;/h2-3H,1H2;/q+2;. The molecule has 0 aromatic rings. The molecule has 2 unspecified atom stereocenters. The van der Waals surface area contributed by atoms with Crippen molar-refractivity contribution in [3.63, 3.8) is 0 Å². The number of hydrogen-bond donors (Lipinski definition) is 1. The topological polar surface area (TPSA) is 82.1 Å². The minimum Gasteiger partial charge on any atom is -0.391 e. The summed E-state index contributed by atoms with van der Waals surface area (Å²) in [5.74, 6) is 0. The minimum atomic E-state index is -2.39. The predicted molar refractivity (Wildman–Crippen MR) is 29.3 cm³/mol. The van der Waals surface area contributed by atoms with Crippen LogP contribution in [0.5, 0.6) is 0 Å². The predicted octanol–water partition coefficient (Wildman–Crippen LogP) is 0.680. The molecule has 0 saturated carbocycles. The summed E-state index contributed by atoms with van der Waals surface area (Å²) in [6.45, 7) is -0.495. The van der Waals surface area contributed by atoms with Crippen molar-refractivity contribution in [3.8, 4) is 0 Å². The van der Waals surface area contributed by atoms with Crippen LogP contribution >= 0.6 is 16.5 Å². The van der Waals surface area contributed by atoms with Gasteiger partial charge in [-0.1, -0.05) is 9.05 Å². The molecule has 1 saturated heterocycles. The summed E-state index contributed by atoms with van der Waals surface area (Å²) in [5, 5.41) is 8.36. The number of aliphatic hydroxyl groups is 1. The zero-order valence-electron chi connectivity index (χ0n) is 5.05. The van der Waals surface area contributed by atoms with E-state index >= 15 is 0 Å². The van der Waals surface area contributed by atoms with E-state index in [0.717, 1.165) is 0 Å². The average Bonchev–Trinajstić information content (AvgIpc) is 1.85. The molecule has 0 amide bonds. The van der Waals surface area contributed by atoms with Crippen molar-refractivity contribution in [1.82, 2.24) is 0 Å². The number of aliphatic hydroxyl groups excluding tert-OH is 1.